The molecule has 5 nitrogen and oxygen atoms in total. The molecule has 0 spiro atoms. The van der Waals surface area contributed by atoms with Crippen molar-refractivity contribution in [1.82, 2.24) is 0 Å². The summed E-state index contributed by atoms with van der Waals surface area (Å²) in [6.07, 6.45) is -1.80. The maximum absolute atomic E-state index is 14.2. The second-order valence-electron chi connectivity index (χ2n) is 8.47. The van der Waals surface area contributed by atoms with Gasteiger partial charge < -0.3 is 31.3 Å². The fraction of sp³-hybridized carbons (Fsp3) is 0.958. The number of hydrogen-bond donors (Lipinski definition) is 2. The first-order valence-electron chi connectivity index (χ1n) is 11.7. The van der Waals surface area contributed by atoms with E-state index in [0.717, 1.165) is 16.8 Å². The molecule has 12 heteroatoms. The molecule has 2 heterocycles. The Hall–Kier alpha value is 3.16. The fourth-order valence-electron chi connectivity index (χ4n) is 3.10. The first kappa shape index (κ1) is 46.1. The number of alkyl halides is 3. The van der Waals surface area contributed by atoms with E-state index < -0.39 is 35.8 Å². The van der Waals surface area contributed by atoms with Crippen LogP contribution in [-0.4, -0.2) is 75.3 Å². The molecule has 0 saturated carbocycles. The molecule has 2 aliphatic heterocycles. The van der Waals surface area contributed by atoms with Crippen LogP contribution < -0.4 is 0 Å². The molecule has 36 heavy (non-hydrogen) atoms. The van der Waals surface area contributed by atoms with Crippen molar-refractivity contribution in [3.63, 3.8) is 0 Å². The first-order chi connectivity index (χ1) is 16.0. The normalized spacial score (nSPS) is 34.7. The van der Waals surface area contributed by atoms with Crippen molar-refractivity contribution in [2.24, 2.45) is 0 Å². The minimum atomic E-state index is -1.74. The second kappa shape index (κ2) is 24.7. The summed E-state index contributed by atoms with van der Waals surface area (Å²) in [4.78, 5) is -0.278. The third-order valence-corrected chi connectivity index (χ3v) is 5.26. The van der Waals surface area contributed by atoms with Crippen LogP contribution in [0.5, 0.6) is 0 Å². The Kier molecular flexibility index (Phi) is 31.7. The molecular weight excluding hydrogens is 965 g/mol. The van der Waals surface area contributed by atoms with Gasteiger partial charge in [0.15, 0.2) is 11.3 Å². The number of aliphatic hydroxyl groups excluding tert-OH is 2. The standard InChI is InChI=1S/C11H21FO2.C7H13FO3.C3H7I.C2H5.CH4.3HI.V/c1-5-7-13-10-9(6-2)14-8(3)11(10,4)12;1-4-7(2,8)6(10)5(3-9)11-4;1-3(2)4;1-2;;;;;/h8-10H,5-7H2,1-4H3;4-6,9-10H,3H2,1-2H3;3H,1-2H3;1H2,2H3;1H4;3*1H;/q;;;-1;;;;;+3/p-3/t8?,9-,10?,11+;4-,5+,6?,7-;;;;;;;/m10......./s1. The minimum absolute atomic E-state index is 0. The molecule has 2 saturated heterocycles. The molecule has 224 valence electrons. The maximum atomic E-state index is 14.2. The predicted octanol–water partition coefficient (Wildman–Crippen LogP) is 8.52. The van der Waals surface area contributed by atoms with Crippen LogP contribution in [0.15, 0.2) is 0 Å². The van der Waals surface area contributed by atoms with E-state index in [4.69, 9.17) is 19.3 Å². The van der Waals surface area contributed by atoms with E-state index >= 15 is 0 Å². The zero-order valence-electron chi connectivity index (χ0n) is 22.4. The number of halogens is 6. The Bertz CT molecular complexity index is 498. The van der Waals surface area contributed by atoms with Crippen molar-refractivity contribution >= 4 is 82.5 Å². The summed E-state index contributed by atoms with van der Waals surface area (Å²) in [7, 11) is 0. The molecule has 2 fully saturated rings. The molecule has 0 amide bonds. The van der Waals surface area contributed by atoms with E-state index in [1.54, 1.807) is 27.7 Å². The Labute approximate surface area is 271 Å². The summed E-state index contributed by atoms with van der Waals surface area (Å²) in [6.45, 7) is 19.8. The third-order valence-electron chi connectivity index (χ3n) is 5.26. The molecule has 0 radical (unpaired) electrons. The first-order valence-corrected chi connectivity index (χ1v) is 26.5. The molecule has 3 unspecified atom stereocenters. The van der Waals surface area contributed by atoms with Gasteiger partial charge in [0.05, 0.1) is 24.9 Å². The SMILES string of the molecule is C.CC(C)I.CCCOC1[C@@H](CC)OC(C)[C@]1(C)F.C[C@@H]1O[C@H](CO)C(O)[C@@]1(C)F.[CH2-]C.[I][V]([I])[I]. The van der Waals surface area contributed by atoms with Crippen LogP contribution in [0, 0.1) is 6.92 Å². The van der Waals surface area contributed by atoms with E-state index in [1.165, 1.54) is 6.92 Å². The van der Waals surface area contributed by atoms with Gasteiger partial charge in [0.1, 0.15) is 18.3 Å². The van der Waals surface area contributed by atoms with Crippen LogP contribution >= 0.6 is 82.5 Å². The molecule has 0 aliphatic carbocycles. The van der Waals surface area contributed by atoms with Gasteiger partial charge in [-0.3, -0.25) is 0 Å². The van der Waals surface area contributed by atoms with Gasteiger partial charge in [-0.1, -0.05) is 57.7 Å². The number of hydrogen-bond acceptors (Lipinski definition) is 5. The van der Waals surface area contributed by atoms with Crippen LogP contribution in [0.3, 0.4) is 0 Å². The average Bonchev–Trinajstić information content (AvgIpc) is 3.10. The van der Waals surface area contributed by atoms with Crippen molar-refractivity contribution in [3.8, 4) is 0 Å². The van der Waals surface area contributed by atoms with Crippen LogP contribution in [0.4, 0.5) is 8.78 Å². The molecule has 2 rings (SSSR count). The predicted molar refractivity (Wildman–Crippen MR) is 180 cm³/mol. The molecule has 0 aromatic heterocycles. The molecule has 8 atom stereocenters. The zero-order chi connectivity index (χ0) is 28.6. The fourth-order valence-corrected chi connectivity index (χ4v) is 3.10. The van der Waals surface area contributed by atoms with E-state index in [0.29, 0.717) is 6.61 Å². The molecule has 0 aromatic carbocycles. The number of ether oxygens (including phenoxy) is 3. The van der Waals surface area contributed by atoms with Gasteiger partial charge >= 0.3 is 64.9 Å². The van der Waals surface area contributed by atoms with E-state index in [-0.39, 0.29) is 31.2 Å². The summed E-state index contributed by atoms with van der Waals surface area (Å²) >= 11 is 9.73. The number of rotatable bonds is 5. The van der Waals surface area contributed by atoms with Gasteiger partial charge in [0.25, 0.3) is 0 Å². The Morgan fingerprint density at radius 3 is 1.61 bits per heavy atom. The summed E-state index contributed by atoms with van der Waals surface area (Å²) < 4.78 is 44.4. The van der Waals surface area contributed by atoms with Gasteiger partial charge in [-0.25, -0.2) is 8.78 Å². The molecular formula is C24H50F2I4O5V-. The third kappa shape index (κ3) is 18.6. The summed E-state index contributed by atoms with van der Waals surface area (Å²) in [6, 6.07) is 0. The zero-order valence-corrected chi connectivity index (χ0v) is 32.4. The Morgan fingerprint density at radius 1 is 1.00 bits per heavy atom. The van der Waals surface area contributed by atoms with Gasteiger partial charge in [0, 0.05) is 10.5 Å². The molecule has 0 bridgehead atoms. The molecule has 2 N–H and O–H groups in total. The molecule has 0 aromatic rings. The Balaban J connectivity index is -0.000000207. The summed E-state index contributed by atoms with van der Waals surface area (Å²) in [5.41, 5.74) is -3.09. The molecule has 2 aliphatic rings. The van der Waals surface area contributed by atoms with Crippen LogP contribution in [0.1, 0.15) is 82.6 Å². The quantitative estimate of drug-likeness (QED) is 0.164. The van der Waals surface area contributed by atoms with Crippen molar-refractivity contribution < 1.29 is 38.1 Å². The monoisotopic (exact) mass is 1010 g/mol. The van der Waals surface area contributed by atoms with Gasteiger partial charge in [0.2, 0.25) is 0 Å². The van der Waals surface area contributed by atoms with E-state index in [9.17, 15) is 13.9 Å². The van der Waals surface area contributed by atoms with Gasteiger partial charge in [-0.15, -0.1) is 0 Å². The summed E-state index contributed by atoms with van der Waals surface area (Å²) in [5, 5.41) is 17.9. The van der Waals surface area contributed by atoms with Crippen molar-refractivity contribution in [2.75, 3.05) is 13.2 Å². The second-order valence-corrected chi connectivity index (χ2v) is 46.3. The average molecular weight is 1020 g/mol. The van der Waals surface area contributed by atoms with Crippen LogP contribution in [0.2, 0.25) is 0 Å². The van der Waals surface area contributed by atoms with E-state index in [1.807, 2.05) is 13.8 Å². The number of aliphatic hydroxyl groups is 2. The van der Waals surface area contributed by atoms with Crippen molar-refractivity contribution in [2.45, 2.75) is 134 Å². The van der Waals surface area contributed by atoms with Gasteiger partial charge in [-0.05, 0) is 40.5 Å². The summed E-state index contributed by atoms with van der Waals surface area (Å²) in [5.74, 6) is 0. The van der Waals surface area contributed by atoms with Gasteiger partial charge in [-0.2, -0.15) is 6.92 Å². The van der Waals surface area contributed by atoms with Crippen molar-refractivity contribution in [3.05, 3.63) is 6.92 Å². The van der Waals surface area contributed by atoms with E-state index in [2.05, 4.69) is 103 Å². The topological polar surface area (TPSA) is 68.2 Å². The van der Waals surface area contributed by atoms with Crippen molar-refractivity contribution in [1.29, 1.82) is 0 Å². The van der Waals surface area contributed by atoms with Crippen LogP contribution in [-0.2, 0) is 19.1 Å². The Morgan fingerprint density at radius 2 is 1.36 bits per heavy atom. The van der Waals surface area contributed by atoms with Crippen LogP contribution in [0.25, 0.3) is 0 Å².